The van der Waals surface area contributed by atoms with Gasteiger partial charge in [0.25, 0.3) is 0 Å². The van der Waals surface area contributed by atoms with Gasteiger partial charge in [-0.15, -0.1) is 0 Å². The molecule has 1 aromatic carbocycles. The van der Waals surface area contributed by atoms with Crippen LogP contribution < -0.4 is 9.47 Å². The SMILES string of the molecule is COc1cc(Br)c(C(O)CCCC(C)C)cc1OC. The number of aliphatic hydroxyl groups is 1. The fourth-order valence-electron chi connectivity index (χ4n) is 2.00. The first-order valence-corrected chi connectivity index (χ1v) is 7.38. The van der Waals surface area contributed by atoms with Crippen LogP contribution in [0.15, 0.2) is 16.6 Å². The molecule has 0 heterocycles. The van der Waals surface area contributed by atoms with Crippen molar-refractivity contribution in [2.24, 2.45) is 5.92 Å². The number of aliphatic hydroxyl groups excluding tert-OH is 1. The molecule has 4 heteroatoms. The van der Waals surface area contributed by atoms with Crippen molar-refractivity contribution in [1.82, 2.24) is 0 Å². The normalized spacial score (nSPS) is 12.6. The van der Waals surface area contributed by atoms with Crippen LogP contribution in [-0.2, 0) is 0 Å². The molecule has 0 bridgehead atoms. The van der Waals surface area contributed by atoms with Gasteiger partial charge in [0.15, 0.2) is 11.5 Å². The second-order valence-corrected chi connectivity index (χ2v) is 5.92. The average Bonchev–Trinajstić information content (AvgIpc) is 2.37. The Morgan fingerprint density at radius 1 is 1.11 bits per heavy atom. The van der Waals surface area contributed by atoms with Gasteiger partial charge in [-0.3, -0.25) is 0 Å². The lowest BCUT2D eigenvalue weighted by molar-refractivity contribution is 0.160. The standard InChI is InChI=1S/C15H23BrO3/c1-10(2)6-5-7-13(17)11-8-14(18-3)15(19-4)9-12(11)16/h8-10,13,17H,5-7H2,1-4H3. The van der Waals surface area contributed by atoms with E-state index in [9.17, 15) is 5.11 Å². The number of hydrogen-bond acceptors (Lipinski definition) is 3. The highest BCUT2D eigenvalue weighted by atomic mass is 79.9. The number of benzene rings is 1. The molecule has 0 spiro atoms. The van der Waals surface area contributed by atoms with E-state index in [4.69, 9.17) is 9.47 Å². The molecule has 1 atom stereocenters. The van der Waals surface area contributed by atoms with Gasteiger partial charge in [0, 0.05) is 4.47 Å². The molecule has 0 radical (unpaired) electrons. The van der Waals surface area contributed by atoms with Gasteiger partial charge in [-0.2, -0.15) is 0 Å². The zero-order chi connectivity index (χ0) is 14.4. The Morgan fingerprint density at radius 2 is 1.68 bits per heavy atom. The number of ether oxygens (including phenoxy) is 2. The first kappa shape index (κ1) is 16.3. The van der Waals surface area contributed by atoms with Crippen LogP contribution >= 0.6 is 15.9 Å². The summed E-state index contributed by atoms with van der Waals surface area (Å²) in [6.07, 6.45) is 2.42. The van der Waals surface area contributed by atoms with E-state index in [-0.39, 0.29) is 0 Å². The number of rotatable bonds is 7. The molecule has 1 aromatic rings. The maximum atomic E-state index is 10.3. The number of halogens is 1. The molecule has 0 aliphatic carbocycles. The lowest BCUT2D eigenvalue weighted by atomic mass is 10.00. The molecule has 0 aliphatic heterocycles. The number of hydrogen-bond donors (Lipinski definition) is 1. The van der Waals surface area contributed by atoms with Crippen molar-refractivity contribution in [3.8, 4) is 11.5 Å². The molecule has 1 rings (SSSR count). The Balaban J connectivity index is 2.81. The Labute approximate surface area is 124 Å². The van der Waals surface area contributed by atoms with Gasteiger partial charge in [0.1, 0.15) is 0 Å². The molecule has 0 saturated carbocycles. The predicted octanol–water partition coefficient (Wildman–Crippen LogP) is 4.33. The average molecular weight is 331 g/mol. The summed E-state index contributed by atoms with van der Waals surface area (Å²) < 4.78 is 11.3. The van der Waals surface area contributed by atoms with Crippen LogP contribution in [-0.4, -0.2) is 19.3 Å². The van der Waals surface area contributed by atoms with E-state index in [2.05, 4.69) is 29.8 Å². The molecular weight excluding hydrogens is 308 g/mol. The minimum absolute atomic E-state index is 0.479. The molecule has 0 aliphatic rings. The highest BCUT2D eigenvalue weighted by Crippen LogP contribution is 2.37. The monoisotopic (exact) mass is 330 g/mol. The van der Waals surface area contributed by atoms with E-state index in [1.54, 1.807) is 14.2 Å². The minimum Gasteiger partial charge on any atom is -0.493 e. The molecule has 1 unspecified atom stereocenters. The van der Waals surface area contributed by atoms with Gasteiger partial charge < -0.3 is 14.6 Å². The summed E-state index contributed by atoms with van der Waals surface area (Å²) in [5.41, 5.74) is 0.849. The van der Waals surface area contributed by atoms with Crippen LogP contribution in [0.3, 0.4) is 0 Å². The van der Waals surface area contributed by atoms with Gasteiger partial charge in [-0.25, -0.2) is 0 Å². The lowest BCUT2D eigenvalue weighted by Crippen LogP contribution is -2.01. The maximum Gasteiger partial charge on any atom is 0.161 e. The third kappa shape index (κ3) is 4.69. The topological polar surface area (TPSA) is 38.7 Å². The van der Waals surface area contributed by atoms with Crippen LogP contribution in [0.5, 0.6) is 11.5 Å². The van der Waals surface area contributed by atoms with E-state index in [0.717, 1.165) is 29.3 Å². The summed E-state index contributed by atoms with van der Waals surface area (Å²) in [5.74, 6) is 1.97. The predicted molar refractivity (Wildman–Crippen MR) is 80.9 cm³/mol. The van der Waals surface area contributed by atoms with Crippen LogP contribution in [0.25, 0.3) is 0 Å². The summed E-state index contributed by atoms with van der Waals surface area (Å²) in [6, 6.07) is 3.67. The molecule has 0 amide bonds. The van der Waals surface area contributed by atoms with E-state index >= 15 is 0 Å². The van der Waals surface area contributed by atoms with E-state index in [1.165, 1.54) is 0 Å². The summed E-state index contributed by atoms with van der Waals surface area (Å²) >= 11 is 3.48. The number of methoxy groups -OCH3 is 2. The lowest BCUT2D eigenvalue weighted by Gasteiger charge is -2.16. The van der Waals surface area contributed by atoms with Crippen molar-refractivity contribution < 1.29 is 14.6 Å². The van der Waals surface area contributed by atoms with Crippen molar-refractivity contribution in [1.29, 1.82) is 0 Å². The molecule has 0 aromatic heterocycles. The largest absolute Gasteiger partial charge is 0.493 e. The Morgan fingerprint density at radius 3 is 2.21 bits per heavy atom. The molecule has 3 nitrogen and oxygen atoms in total. The molecular formula is C15H23BrO3. The van der Waals surface area contributed by atoms with Crippen molar-refractivity contribution in [2.75, 3.05) is 14.2 Å². The fraction of sp³-hybridized carbons (Fsp3) is 0.600. The smallest absolute Gasteiger partial charge is 0.161 e. The highest BCUT2D eigenvalue weighted by Gasteiger charge is 2.16. The third-order valence-electron chi connectivity index (χ3n) is 3.12. The molecule has 1 N–H and O–H groups in total. The minimum atomic E-state index is -0.479. The van der Waals surface area contributed by atoms with E-state index in [0.29, 0.717) is 17.4 Å². The van der Waals surface area contributed by atoms with Crippen LogP contribution in [0.1, 0.15) is 44.8 Å². The second-order valence-electron chi connectivity index (χ2n) is 5.07. The quantitative estimate of drug-likeness (QED) is 0.808. The summed E-state index contributed by atoms with van der Waals surface area (Å²) in [5, 5.41) is 10.3. The Hall–Kier alpha value is -0.740. The zero-order valence-corrected chi connectivity index (χ0v) is 13.7. The molecule has 0 saturated heterocycles. The first-order valence-electron chi connectivity index (χ1n) is 6.59. The van der Waals surface area contributed by atoms with E-state index in [1.807, 2.05) is 12.1 Å². The van der Waals surface area contributed by atoms with Crippen molar-refractivity contribution in [2.45, 2.75) is 39.2 Å². The maximum absolute atomic E-state index is 10.3. The Bertz CT molecular complexity index is 405. The van der Waals surface area contributed by atoms with Crippen molar-refractivity contribution in [3.63, 3.8) is 0 Å². The highest BCUT2D eigenvalue weighted by molar-refractivity contribution is 9.10. The third-order valence-corrected chi connectivity index (χ3v) is 3.81. The van der Waals surface area contributed by atoms with Gasteiger partial charge in [0.2, 0.25) is 0 Å². The van der Waals surface area contributed by atoms with Crippen molar-refractivity contribution >= 4 is 15.9 Å². The van der Waals surface area contributed by atoms with Gasteiger partial charge >= 0.3 is 0 Å². The summed E-state index contributed by atoms with van der Waals surface area (Å²) in [6.45, 7) is 4.39. The van der Waals surface area contributed by atoms with Crippen LogP contribution in [0.4, 0.5) is 0 Å². The van der Waals surface area contributed by atoms with Gasteiger partial charge in [-0.1, -0.05) is 42.6 Å². The molecule has 0 fully saturated rings. The van der Waals surface area contributed by atoms with Crippen LogP contribution in [0, 0.1) is 5.92 Å². The van der Waals surface area contributed by atoms with Crippen LogP contribution in [0.2, 0.25) is 0 Å². The van der Waals surface area contributed by atoms with Crippen molar-refractivity contribution in [3.05, 3.63) is 22.2 Å². The second kappa shape index (κ2) is 7.75. The molecule has 19 heavy (non-hydrogen) atoms. The van der Waals surface area contributed by atoms with E-state index < -0.39 is 6.10 Å². The van der Waals surface area contributed by atoms with Gasteiger partial charge in [-0.05, 0) is 30.0 Å². The fourth-order valence-corrected chi connectivity index (χ4v) is 2.59. The summed E-state index contributed by atoms with van der Waals surface area (Å²) in [4.78, 5) is 0. The first-order chi connectivity index (χ1) is 8.99. The summed E-state index contributed by atoms with van der Waals surface area (Å²) in [7, 11) is 3.20. The Kier molecular flexibility index (Phi) is 6.66. The van der Waals surface area contributed by atoms with Gasteiger partial charge in [0.05, 0.1) is 20.3 Å². The molecule has 108 valence electrons. The zero-order valence-electron chi connectivity index (χ0n) is 12.1.